The highest BCUT2D eigenvalue weighted by atomic mass is 16.2. The van der Waals surface area contributed by atoms with Gasteiger partial charge in [0.15, 0.2) is 0 Å². The van der Waals surface area contributed by atoms with Gasteiger partial charge in [0.25, 0.3) is 0 Å². The maximum Gasteiger partial charge on any atom is 0.243 e. The van der Waals surface area contributed by atoms with Crippen molar-refractivity contribution in [3.05, 3.63) is 36.0 Å². The molecule has 0 saturated carbocycles. The third-order valence-electron chi connectivity index (χ3n) is 3.66. The minimum atomic E-state index is -0.560. The molecule has 1 aromatic heterocycles. The van der Waals surface area contributed by atoms with E-state index in [1.165, 1.54) is 0 Å². The molecule has 124 valence electrons. The fraction of sp³-hybridized carbons (Fsp3) is 0.444. The number of aromatic nitrogens is 1. The number of nitrogens with one attached hydrogen (secondary N) is 3. The Hall–Kier alpha value is -2.30. The summed E-state index contributed by atoms with van der Waals surface area (Å²) < 4.78 is 0. The normalized spacial score (nSPS) is 12.3. The molecular formula is C18H25N3O2. The van der Waals surface area contributed by atoms with Gasteiger partial charge in [-0.15, -0.1) is 0 Å². The summed E-state index contributed by atoms with van der Waals surface area (Å²) in [5.41, 5.74) is 2.06. The van der Waals surface area contributed by atoms with Crippen molar-refractivity contribution >= 4 is 22.7 Å². The first-order chi connectivity index (χ1) is 11.0. The Morgan fingerprint density at radius 2 is 1.91 bits per heavy atom. The second kappa shape index (κ2) is 7.81. The second-order valence-corrected chi connectivity index (χ2v) is 6.10. The lowest BCUT2D eigenvalue weighted by molar-refractivity contribution is -0.129. The Labute approximate surface area is 136 Å². The Balaban J connectivity index is 2.19. The summed E-state index contributed by atoms with van der Waals surface area (Å²) >= 11 is 0. The monoisotopic (exact) mass is 315 g/mol. The average Bonchev–Trinajstić information content (AvgIpc) is 2.89. The SMILES string of the molecule is CCCC(=O)N[C@@H](Cc1c[nH]c2ccccc12)C(=O)NC(C)C. The molecule has 1 aromatic carbocycles. The maximum atomic E-state index is 12.4. The number of H-pyrrole nitrogens is 1. The van der Waals surface area contributed by atoms with Crippen molar-refractivity contribution in [1.29, 1.82) is 0 Å². The first-order valence-electron chi connectivity index (χ1n) is 8.16. The van der Waals surface area contributed by atoms with E-state index in [4.69, 9.17) is 0 Å². The molecule has 0 bridgehead atoms. The quantitative estimate of drug-likeness (QED) is 0.734. The molecular weight excluding hydrogens is 290 g/mol. The lowest BCUT2D eigenvalue weighted by Gasteiger charge is -2.19. The number of para-hydroxylation sites is 1. The number of fused-ring (bicyclic) bond motifs is 1. The van der Waals surface area contributed by atoms with Crippen LogP contribution in [0, 0.1) is 0 Å². The number of rotatable bonds is 7. The molecule has 1 atom stereocenters. The highest BCUT2D eigenvalue weighted by Gasteiger charge is 2.22. The number of benzene rings is 1. The van der Waals surface area contributed by atoms with Gasteiger partial charge in [-0.3, -0.25) is 9.59 Å². The molecule has 2 amide bonds. The molecule has 0 fully saturated rings. The first kappa shape index (κ1) is 17.1. The number of amides is 2. The third-order valence-corrected chi connectivity index (χ3v) is 3.66. The van der Waals surface area contributed by atoms with E-state index in [-0.39, 0.29) is 17.9 Å². The first-order valence-corrected chi connectivity index (χ1v) is 8.16. The van der Waals surface area contributed by atoms with Crippen LogP contribution in [-0.2, 0) is 16.0 Å². The Morgan fingerprint density at radius 3 is 2.61 bits per heavy atom. The maximum absolute atomic E-state index is 12.4. The van der Waals surface area contributed by atoms with Crippen molar-refractivity contribution < 1.29 is 9.59 Å². The molecule has 0 saturated heterocycles. The van der Waals surface area contributed by atoms with Crippen LogP contribution in [0.1, 0.15) is 39.2 Å². The van der Waals surface area contributed by atoms with Crippen molar-refractivity contribution in [3.8, 4) is 0 Å². The molecule has 23 heavy (non-hydrogen) atoms. The van der Waals surface area contributed by atoms with Crippen LogP contribution in [0.25, 0.3) is 10.9 Å². The fourth-order valence-electron chi connectivity index (χ4n) is 2.61. The minimum Gasteiger partial charge on any atom is -0.361 e. The van der Waals surface area contributed by atoms with Crippen molar-refractivity contribution in [3.63, 3.8) is 0 Å². The van der Waals surface area contributed by atoms with Gasteiger partial charge < -0.3 is 15.6 Å². The van der Waals surface area contributed by atoms with E-state index in [0.717, 1.165) is 22.9 Å². The van der Waals surface area contributed by atoms with Crippen LogP contribution in [0.2, 0.25) is 0 Å². The lowest BCUT2D eigenvalue weighted by atomic mass is 10.0. The summed E-state index contributed by atoms with van der Waals surface area (Å²) in [6, 6.07) is 7.43. The molecule has 5 nitrogen and oxygen atoms in total. The molecule has 0 radical (unpaired) electrons. The number of aromatic amines is 1. The summed E-state index contributed by atoms with van der Waals surface area (Å²) in [6.07, 6.45) is 3.57. The van der Waals surface area contributed by atoms with Crippen LogP contribution in [0.15, 0.2) is 30.5 Å². The number of hydrogen-bond donors (Lipinski definition) is 3. The topological polar surface area (TPSA) is 74.0 Å². The highest BCUT2D eigenvalue weighted by Crippen LogP contribution is 2.19. The molecule has 0 unspecified atom stereocenters. The molecule has 0 aliphatic heterocycles. The van der Waals surface area contributed by atoms with Crippen LogP contribution in [0.3, 0.4) is 0 Å². The number of hydrogen-bond acceptors (Lipinski definition) is 2. The molecule has 2 aromatic rings. The summed E-state index contributed by atoms with van der Waals surface area (Å²) in [5, 5.41) is 6.83. The summed E-state index contributed by atoms with van der Waals surface area (Å²) in [4.78, 5) is 27.6. The van der Waals surface area contributed by atoms with Crippen molar-refractivity contribution in [2.75, 3.05) is 0 Å². The summed E-state index contributed by atoms with van der Waals surface area (Å²) in [5.74, 6) is -0.231. The Bertz CT molecular complexity index is 676. The molecule has 0 aliphatic carbocycles. The van der Waals surface area contributed by atoms with Gasteiger partial charge in [-0.2, -0.15) is 0 Å². The van der Waals surface area contributed by atoms with Crippen LogP contribution < -0.4 is 10.6 Å². The van der Waals surface area contributed by atoms with Crippen molar-refractivity contribution in [2.24, 2.45) is 0 Å². The van der Waals surface area contributed by atoms with E-state index in [1.807, 2.05) is 51.2 Å². The Kier molecular flexibility index (Phi) is 5.79. The van der Waals surface area contributed by atoms with Crippen molar-refractivity contribution in [1.82, 2.24) is 15.6 Å². The average molecular weight is 315 g/mol. The number of carbonyl (C=O) groups is 2. The van der Waals surface area contributed by atoms with Gasteiger partial charge in [-0.1, -0.05) is 25.1 Å². The highest BCUT2D eigenvalue weighted by molar-refractivity contribution is 5.89. The summed E-state index contributed by atoms with van der Waals surface area (Å²) in [6.45, 7) is 5.77. The van der Waals surface area contributed by atoms with Crippen LogP contribution in [-0.4, -0.2) is 28.9 Å². The molecule has 1 heterocycles. The van der Waals surface area contributed by atoms with Gasteiger partial charge in [0.2, 0.25) is 11.8 Å². The third kappa shape index (κ3) is 4.58. The Morgan fingerprint density at radius 1 is 1.17 bits per heavy atom. The second-order valence-electron chi connectivity index (χ2n) is 6.10. The smallest absolute Gasteiger partial charge is 0.243 e. The molecule has 0 spiro atoms. The van der Waals surface area contributed by atoms with Crippen LogP contribution in [0.5, 0.6) is 0 Å². The molecule has 3 N–H and O–H groups in total. The largest absolute Gasteiger partial charge is 0.361 e. The van der Waals surface area contributed by atoms with Crippen molar-refractivity contribution in [2.45, 2.75) is 52.1 Å². The van der Waals surface area contributed by atoms with Gasteiger partial charge >= 0.3 is 0 Å². The number of carbonyl (C=O) groups excluding carboxylic acids is 2. The molecule has 5 heteroatoms. The van der Waals surface area contributed by atoms with Crippen LogP contribution in [0.4, 0.5) is 0 Å². The van der Waals surface area contributed by atoms with Gasteiger partial charge in [0.1, 0.15) is 6.04 Å². The zero-order chi connectivity index (χ0) is 16.8. The zero-order valence-corrected chi connectivity index (χ0v) is 14.0. The summed E-state index contributed by atoms with van der Waals surface area (Å²) in [7, 11) is 0. The van der Waals surface area contributed by atoms with Gasteiger partial charge in [-0.25, -0.2) is 0 Å². The van der Waals surface area contributed by atoms with E-state index in [9.17, 15) is 9.59 Å². The molecule has 2 rings (SSSR count). The van der Waals surface area contributed by atoms with E-state index < -0.39 is 6.04 Å². The predicted molar refractivity (Wildman–Crippen MR) is 92.1 cm³/mol. The fourth-order valence-corrected chi connectivity index (χ4v) is 2.61. The van der Waals surface area contributed by atoms with E-state index in [0.29, 0.717) is 12.8 Å². The molecule has 0 aliphatic rings. The predicted octanol–water partition coefficient (Wildman–Crippen LogP) is 2.52. The lowest BCUT2D eigenvalue weighted by Crippen LogP contribution is -2.49. The van der Waals surface area contributed by atoms with Gasteiger partial charge in [-0.05, 0) is 31.9 Å². The van der Waals surface area contributed by atoms with Gasteiger partial charge in [0, 0.05) is 36.0 Å². The van der Waals surface area contributed by atoms with E-state index >= 15 is 0 Å². The minimum absolute atomic E-state index is 0.0380. The zero-order valence-electron chi connectivity index (χ0n) is 14.0. The van der Waals surface area contributed by atoms with E-state index in [2.05, 4.69) is 15.6 Å². The standard InChI is InChI=1S/C18H25N3O2/c1-4-7-17(22)21-16(18(23)20-12(2)3)10-13-11-19-15-9-6-5-8-14(13)15/h5-6,8-9,11-12,16,19H,4,7,10H2,1-3H3,(H,20,23)(H,21,22)/t16-/m0/s1. The van der Waals surface area contributed by atoms with E-state index in [1.54, 1.807) is 0 Å². The van der Waals surface area contributed by atoms with Gasteiger partial charge in [0.05, 0.1) is 0 Å². The van der Waals surface area contributed by atoms with Crippen LogP contribution >= 0.6 is 0 Å².